The Kier molecular flexibility index (Phi) is 4.09. The van der Waals surface area contributed by atoms with Gasteiger partial charge in [-0.25, -0.2) is 8.42 Å². The van der Waals surface area contributed by atoms with Crippen LogP contribution in [0.1, 0.15) is 13.8 Å². The Hall–Kier alpha value is -1.88. The molecule has 4 nitrogen and oxygen atoms in total. The van der Waals surface area contributed by atoms with Crippen molar-refractivity contribution < 1.29 is 17.9 Å². The van der Waals surface area contributed by atoms with Gasteiger partial charge >= 0.3 is 5.97 Å². The van der Waals surface area contributed by atoms with Crippen molar-refractivity contribution in [3.63, 3.8) is 0 Å². The summed E-state index contributed by atoms with van der Waals surface area (Å²) in [6, 6.07) is 12.3. The van der Waals surface area contributed by atoms with Crippen LogP contribution in [0.25, 0.3) is 10.8 Å². The molecule has 1 unspecified atom stereocenters. The minimum atomic E-state index is -3.73. The third kappa shape index (κ3) is 2.67. The predicted octanol–water partition coefficient (Wildman–Crippen LogP) is 2.57. The topological polar surface area (TPSA) is 60.4 Å². The van der Waals surface area contributed by atoms with E-state index in [1.165, 1.54) is 13.0 Å². The number of rotatable bonds is 4. The van der Waals surface area contributed by atoms with Crippen LogP contribution in [0.4, 0.5) is 0 Å². The molecule has 0 saturated heterocycles. The molecule has 1 atom stereocenters. The molecule has 5 heteroatoms. The number of benzene rings is 2. The lowest BCUT2D eigenvalue weighted by Gasteiger charge is -2.12. The maximum Gasteiger partial charge on any atom is 0.324 e. The lowest BCUT2D eigenvalue weighted by atomic mass is 10.1. The van der Waals surface area contributed by atoms with Crippen LogP contribution in [0.2, 0.25) is 0 Å². The van der Waals surface area contributed by atoms with E-state index in [0.29, 0.717) is 0 Å². The van der Waals surface area contributed by atoms with Crippen LogP contribution in [0.5, 0.6) is 0 Å². The summed E-state index contributed by atoms with van der Waals surface area (Å²) in [6.07, 6.45) is 0. The lowest BCUT2D eigenvalue weighted by Crippen LogP contribution is -2.29. The first kappa shape index (κ1) is 14.5. The highest BCUT2D eigenvalue weighted by Gasteiger charge is 2.30. The number of esters is 1. The number of ether oxygens (including phenoxy) is 1. The van der Waals surface area contributed by atoms with Crippen LogP contribution < -0.4 is 0 Å². The van der Waals surface area contributed by atoms with Crippen molar-refractivity contribution in [1.29, 1.82) is 0 Å². The molecule has 0 saturated carbocycles. The molecule has 2 rings (SSSR count). The Morgan fingerprint density at radius 3 is 2.45 bits per heavy atom. The molecule has 20 heavy (non-hydrogen) atoms. The predicted molar refractivity (Wildman–Crippen MR) is 77.2 cm³/mol. The Morgan fingerprint density at radius 2 is 1.80 bits per heavy atom. The van der Waals surface area contributed by atoms with E-state index in [1.54, 1.807) is 19.1 Å². The summed E-state index contributed by atoms with van der Waals surface area (Å²) in [4.78, 5) is 11.8. The van der Waals surface area contributed by atoms with E-state index in [2.05, 4.69) is 0 Å². The third-order valence-electron chi connectivity index (χ3n) is 3.13. The van der Waals surface area contributed by atoms with Gasteiger partial charge in [0.25, 0.3) is 0 Å². The maximum atomic E-state index is 12.4. The highest BCUT2D eigenvalue weighted by atomic mass is 32.2. The molecule has 0 N–H and O–H groups in total. The Morgan fingerprint density at radius 1 is 1.15 bits per heavy atom. The van der Waals surface area contributed by atoms with Gasteiger partial charge in [-0.05, 0) is 36.8 Å². The molecule has 0 amide bonds. The van der Waals surface area contributed by atoms with Gasteiger partial charge in [0.15, 0.2) is 15.1 Å². The molecule has 0 fully saturated rings. The first-order valence-electron chi connectivity index (χ1n) is 6.36. The Bertz CT molecular complexity index is 734. The highest BCUT2D eigenvalue weighted by molar-refractivity contribution is 7.92. The summed E-state index contributed by atoms with van der Waals surface area (Å²) in [5.74, 6) is -0.722. The van der Waals surface area contributed by atoms with Gasteiger partial charge in [0.1, 0.15) is 0 Å². The van der Waals surface area contributed by atoms with E-state index >= 15 is 0 Å². The van der Waals surface area contributed by atoms with E-state index in [1.807, 2.05) is 24.3 Å². The number of carbonyl (C=O) groups is 1. The number of carbonyl (C=O) groups excluding carboxylic acids is 1. The normalized spacial score (nSPS) is 13.1. The largest absolute Gasteiger partial charge is 0.465 e. The van der Waals surface area contributed by atoms with Crippen molar-refractivity contribution in [1.82, 2.24) is 0 Å². The van der Waals surface area contributed by atoms with Gasteiger partial charge in [0.2, 0.25) is 0 Å². The smallest absolute Gasteiger partial charge is 0.324 e. The molecule has 0 aliphatic carbocycles. The average molecular weight is 292 g/mol. The molecule has 106 valence electrons. The molecule has 0 heterocycles. The number of hydrogen-bond donors (Lipinski definition) is 0. The molecule has 2 aromatic rings. The molecular formula is C15H16O4S. The maximum absolute atomic E-state index is 12.4. The van der Waals surface area contributed by atoms with Crippen molar-refractivity contribution in [2.45, 2.75) is 24.0 Å². The fourth-order valence-electron chi connectivity index (χ4n) is 1.93. The second-order valence-corrected chi connectivity index (χ2v) is 6.72. The van der Waals surface area contributed by atoms with Crippen LogP contribution in [0.15, 0.2) is 47.4 Å². The Labute approximate surface area is 118 Å². The monoisotopic (exact) mass is 292 g/mol. The van der Waals surface area contributed by atoms with Crippen molar-refractivity contribution in [2.75, 3.05) is 6.61 Å². The van der Waals surface area contributed by atoms with Crippen molar-refractivity contribution >= 4 is 26.6 Å². The van der Waals surface area contributed by atoms with Gasteiger partial charge in [-0.3, -0.25) is 4.79 Å². The fourth-order valence-corrected chi connectivity index (χ4v) is 3.21. The lowest BCUT2D eigenvalue weighted by molar-refractivity contribution is -0.142. The SMILES string of the molecule is CCOC(=O)C(C)S(=O)(=O)c1ccc2ccccc2c1. The van der Waals surface area contributed by atoms with Gasteiger partial charge in [-0.1, -0.05) is 30.3 Å². The van der Waals surface area contributed by atoms with Crippen LogP contribution in [0, 0.1) is 0 Å². The summed E-state index contributed by atoms with van der Waals surface area (Å²) in [5, 5.41) is 0.573. The number of fused-ring (bicyclic) bond motifs is 1. The number of hydrogen-bond acceptors (Lipinski definition) is 4. The average Bonchev–Trinajstić information content (AvgIpc) is 2.46. The molecular weight excluding hydrogens is 276 g/mol. The minimum absolute atomic E-state index is 0.136. The number of sulfone groups is 1. The van der Waals surface area contributed by atoms with E-state index < -0.39 is 21.1 Å². The van der Waals surface area contributed by atoms with E-state index in [0.717, 1.165) is 10.8 Å². The zero-order valence-electron chi connectivity index (χ0n) is 11.4. The van der Waals surface area contributed by atoms with Gasteiger partial charge in [0, 0.05) is 0 Å². The first-order valence-corrected chi connectivity index (χ1v) is 7.90. The molecule has 0 aliphatic heterocycles. The molecule has 0 spiro atoms. The van der Waals surface area contributed by atoms with E-state index in [-0.39, 0.29) is 11.5 Å². The minimum Gasteiger partial charge on any atom is -0.465 e. The van der Waals surface area contributed by atoms with Crippen LogP contribution >= 0.6 is 0 Å². The van der Waals surface area contributed by atoms with Crippen LogP contribution in [-0.4, -0.2) is 26.2 Å². The van der Waals surface area contributed by atoms with Crippen molar-refractivity contribution in [3.8, 4) is 0 Å². The van der Waals surface area contributed by atoms with Crippen molar-refractivity contribution in [2.24, 2.45) is 0 Å². The summed E-state index contributed by atoms with van der Waals surface area (Å²) in [7, 11) is -3.73. The molecule has 0 aliphatic rings. The molecule has 2 aromatic carbocycles. The summed E-state index contributed by atoms with van der Waals surface area (Å²) < 4.78 is 29.6. The summed E-state index contributed by atoms with van der Waals surface area (Å²) in [6.45, 7) is 3.16. The fraction of sp³-hybridized carbons (Fsp3) is 0.267. The Balaban J connectivity index is 2.43. The van der Waals surface area contributed by atoms with Gasteiger partial charge in [0.05, 0.1) is 11.5 Å². The highest BCUT2D eigenvalue weighted by Crippen LogP contribution is 2.22. The summed E-state index contributed by atoms with van der Waals surface area (Å²) in [5.41, 5.74) is 0. The van der Waals surface area contributed by atoms with Crippen LogP contribution in [0.3, 0.4) is 0 Å². The van der Waals surface area contributed by atoms with Gasteiger partial charge < -0.3 is 4.74 Å². The zero-order chi connectivity index (χ0) is 14.8. The zero-order valence-corrected chi connectivity index (χ0v) is 12.2. The second kappa shape index (κ2) is 5.63. The van der Waals surface area contributed by atoms with E-state index in [4.69, 9.17) is 4.74 Å². The molecule has 0 radical (unpaired) electrons. The van der Waals surface area contributed by atoms with E-state index in [9.17, 15) is 13.2 Å². The standard InChI is InChI=1S/C15H16O4S/c1-3-19-15(16)11(2)20(17,18)14-9-8-12-6-4-5-7-13(12)10-14/h4-11H,3H2,1-2H3. The van der Waals surface area contributed by atoms with Crippen molar-refractivity contribution in [3.05, 3.63) is 42.5 Å². The quantitative estimate of drug-likeness (QED) is 0.813. The molecule has 0 aromatic heterocycles. The second-order valence-electron chi connectivity index (χ2n) is 4.45. The third-order valence-corrected chi connectivity index (χ3v) is 5.17. The van der Waals surface area contributed by atoms with Gasteiger partial charge in [-0.2, -0.15) is 0 Å². The van der Waals surface area contributed by atoms with Crippen LogP contribution in [-0.2, 0) is 19.4 Å². The van der Waals surface area contributed by atoms with Gasteiger partial charge in [-0.15, -0.1) is 0 Å². The molecule has 0 bridgehead atoms. The summed E-state index contributed by atoms with van der Waals surface area (Å²) >= 11 is 0. The first-order chi connectivity index (χ1) is 9.46.